The first-order valence-corrected chi connectivity index (χ1v) is 7.36. The van der Waals surface area contributed by atoms with E-state index in [1.54, 1.807) is 4.68 Å². The molecule has 0 aliphatic heterocycles. The molecule has 1 aromatic heterocycles. The van der Waals surface area contributed by atoms with Gasteiger partial charge in [-0.3, -0.25) is 4.79 Å². The minimum absolute atomic E-state index is 0.0302. The maximum atomic E-state index is 12.7. The molecule has 1 heterocycles. The zero-order valence-corrected chi connectivity index (χ0v) is 14.6. The van der Waals surface area contributed by atoms with Gasteiger partial charge in [-0.2, -0.15) is 5.10 Å². The second-order valence-electron chi connectivity index (χ2n) is 8.92. The fourth-order valence-electron chi connectivity index (χ4n) is 2.17. The first kappa shape index (κ1) is 16.9. The molecule has 20 heavy (non-hydrogen) atoms. The lowest BCUT2D eigenvalue weighted by Gasteiger charge is -2.27. The molecule has 0 fully saturated rings. The lowest BCUT2D eigenvalue weighted by molar-refractivity contribution is 0.319. The zero-order chi connectivity index (χ0) is 15.9. The Hall–Kier alpha value is -1.12. The molecule has 0 N–H and O–H groups in total. The van der Waals surface area contributed by atoms with Crippen LogP contribution in [0.1, 0.15) is 73.6 Å². The Kier molecular flexibility index (Phi) is 4.24. The Labute approximate surface area is 123 Å². The number of rotatable bonds is 1. The second kappa shape index (κ2) is 5.01. The van der Waals surface area contributed by atoms with Gasteiger partial charge in [-0.15, -0.1) is 0 Å². The molecule has 0 aliphatic carbocycles. The van der Waals surface area contributed by atoms with Crippen molar-refractivity contribution in [1.82, 2.24) is 9.78 Å². The minimum atomic E-state index is -0.301. The van der Waals surface area contributed by atoms with Crippen LogP contribution in [0, 0.1) is 5.41 Å². The van der Waals surface area contributed by atoms with Crippen LogP contribution >= 0.6 is 0 Å². The van der Waals surface area contributed by atoms with Crippen LogP contribution in [0.5, 0.6) is 0 Å². The Morgan fingerprint density at radius 2 is 1.50 bits per heavy atom. The molecule has 0 amide bonds. The molecule has 0 atom stereocenters. The molecule has 0 saturated carbocycles. The van der Waals surface area contributed by atoms with E-state index in [1.165, 1.54) is 0 Å². The van der Waals surface area contributed by atoms with E-state index in [4.69, 9.17) is 0 Å². The van der Waals surface area contributed by atoms with Gasteiger partial charge >= 0.3 is 0 Å². The van der Waals surface area contributed by atoms with Gasteiger partial charge in [0.15, 0.2) is 0 Å². The number of hydrogen-bond donors (Lipinski definition) is 0. The van der Waals surface area contributed by atoms with Gasteiger partial charge in [0.25, 0.3) is 5.56 Å². The standard InChI is InChI=1S/C17H30N2O/c1-15(2,3)11-12-10-13(16(4,5)6)14(20)19(18-12)17(7,8)9/h10H,11H2,1-9H3. The molecule has 114 valence electrons. The van der Waals surface area contributed by atoms with E-state index in [0.29, 0.717) is 0 Å². The Balaban J connectivity index is 3.55. The van der Waals surface area contributed by atoms with Gasteiger partial charge in [0.05, 0.1) is 11.2 Å². The fraction of sp³-hybridized carbons (Fsp3) is 0.765. The van der Waals surface area contributed by atoms with E-state index in [1.807, 2.05) is 26.8 Å². The van der Waals surface area contributed by atoms with Crippen molar-refractivity contribution in [2.45, 2.75) is 79.7 Å². The van der Waals surface area contributed by atoms with Crippen LogP contribution in [-0.2, 0) is 17.4 Å². The molecule has 0 aromatic carbocycles. The van der Waals surface area contributed by atoms with Crippen LogP contribution in [0.15, 0.2) is 10.9 Å². The third-order valence-corrected chi connectivity index (χ3v) is 3.12. The van der Waals surface area contributed by atoms with Gasteiger partial charge in [-0.25, -0.2) is 4.68 Å². The summed E-state index contributed by atoms with van der Waals surface area (Å²) in [6.07, 6.45) is 0.867. The van der Waals surface area contributed by atoms with Crippen molar-refractivity contribution in [3.05, 3.63) is 27.7 Å². The molecule has 3 nitrogen and oxygen atoms in total. The van der Waals surface area contributed by atoms with Gasteiger partial charge in [-0.05, 0) is 44.1 Å². The highest BCUT2D eigenvalue weighted by molar-refractivity contribution is 5.22. The zero-order valence-electron chi connectivity index (χ0n) is 14.6. The van der Waals surface area contributed by atoms with Gasteiger partial charge in [0, 0.05) is 5.56 Å². The second-order valence-corrected chi connectivity index (χ2v) is 8.92. The Morgan fingerprint density at radius 3 is 1.85 bits per heavy atom. The predicted molar refractivity (Wildman–Crippen MR) is 85.4 cm³/mol. The van der Waals surface area contributed by atoms with Crippen LogP contribution < -0.4 is 5.56 Å². The third kappa shape index (κ3) is 4.19. The molecule has 3 heteroatoms. The van der Waals surface area contributed by atoms with Gasteiger partial charge in [0.1, 0.15) is 0 Å². The SMILES string of the molecule is CC(C)(C)Cc1cc(C(C)(C)C)c(=O)n(C(C)(C)C)n1. The Bertz CT molecular complexity index is 496. The number of aromatic nitrogens is 2. The lowest BCUT2D eigenvalue weighted by Crippen LogP contribution is -2.41. The summed E-state index contributed by atoms with van der Waals surface area (Å²) >= 11 is 0. The first-order valence-electron chi connectivity index (χ1n) is 7.36. The molecule has 0 unspecified atom stereocenters. The number of hydrogen-bond acceptors (Lipinski definition) is 2. The van der Waals surface area contributed by atoms with E-state index < -0.39 is 0 Å². The smallest absolute Gasteiger partial charge is 0.267 e. The predicted octanol–water partition coefficient (Wildman–Crippen LogP) is 3.88. The average Bonchev–Trinajstić information content (AvgIpc) is 2.14. The van der Waals surface area contributed by atoms with Crippen molar-refractivity contribution in [2.75, 3.05) is 0 Å². The molecular weight excluding hydrogens is 248 g/mol. The summed E-state index contributed by atoms with van der Waals surface area (Å²) in [6.45, 7) is 18.9. The maximum absolute atomic E-state index is 12.7. The van der Waals surface area contributed by atoms with Crippen molar-refractivity contribution in [2.24, 2.45) is 5.41 Å². The monoisotopic (exact) mass is 278 g/mol. The summed E-state index contributed by atoms with van der Waals surface area (Å²) in [5.74, 6) is 0. The molecule has 0 bridgehead atoms. The van der Waals surface area contributed by atoms with E-state index >= 15 is 0 Å². The van der Waals surface area contributed by atoms with Gasteiger partial charge in [0.2, 0.25) is 0 Å². The molecule has 0 saturated heterocycles. The van der Waals surface area contributed by atoms with Gasteiger partial charge in [-0.1, -0.05) is 41.5 Å². The number of nitrogens with zero attached hydrogens (tertiary/aromatic N) is 2. The van der Waals surface area contributed by atoms with E-state index in [-0.39, 0.29) is 21.9 Å². The van der Waals surface area contributed by atoms with Crippen LogP contribution in [0.3, 0.4) is 0 Å². The molecule has 0 radical (unpaired) electrons. The van der Waals surface area contributed by atoms with E-state index in [0.717, 1.165) is 17.7 Å². The summed E-state index contributed by atoms with van der Waals surface area (Å²) in [5, 5.41) is 4.61. The van der Waals surface area contributed by atoms with E-state index in [9.17, 15) is 4.79 Å². The minimum Gasteiger partial charge on any atom is -0.267 e. The van der Waals surface area contributed by atoms with Crippen molar-refractivity contribution < 1.29 is 0 Å². The lowest BCUT2D eigenvalue weighted by atomic mass is 9.85. The van der Waals surface area contributed by atoms with Crippen molar-refractivity contribution in [3.63, 3.8) is 0 Å². The molecule has 1 aromatic rings. The molecule has 0 aliphatic rings. The highest BCUT2D eigenvalue weighted by atomic mass is 16.1. The largest absolute Gasteiger partial charge is 0.270 e. The normalized spacial score (nSPS) is 13.7. The summed E-state index contributed by atoms with van der Waals surface area (Å²) < 4.78 is 1.65. The topological polar surface area (TPSA) is 34.9 Å². The quantitative estimate of drug-likeness (QED) is 0.781. The summed E-state index contributed by atoms with van der Waals surface area (Å²) in [4.78, 5) is 12.7. The van der Waals surface area contributed by atoms with E-state index in [2.05, 4.69) is 46.6 Å². The van der Waals surface area contributed by atoms with Crippen molar-refractivity contribution in [3.8, 4) is 0 Å². The van der Waals surface area contributed by atoms with Crippen molar-refractivity contribution >= 4 is 0 Å². The van der Waals surface area contributed by atoms with Gasteiger partial charge < -0.3 is 0 Å². The highest BCUT2D eigenvalue weighted by Crippen LogP contribution is 2.24. The maximum Gasteiger partial charge on any atom is 0.270 e. The van der Waals surface area contributed by atoms with Crippen LogP contribution in [-0.4, -0.2) is 9.78 Å². The fourth-order valence-corrected chi connectivity index (χ4v) is 2.17. The molecule has 0 spiro atoms. The highest BCUT2D eigenvalue weighted by Gasteiger charge is 2.26. The van der Waals surface area contributed by atoms with Crippen LogP contribution in [0.25, 0.3) is 0 Å². The summed E-state index contributed by atoms with van der Waals surface area (Å²) in [6, 6.07) is 2.00. The molecule has 1 rings (SSSR count). The Morgan fingerprint density at radius 1 is 1.00 bits per heavy atom. The summed E-state index contributed by atoms with van der Waals surface area (Å²) in [7, 11) is 0. The summed E-state index contributed by atoms with van der Waals surface area (Å²) in [5.41, 5.74) is 1.56. The van der Waals surface area contributed by atoms with Crippen LogP contribution in [0.2, 0.25) is 0 Å². The molecular formula is C17H30N2O. The first-order chi connectivity index (χ1) is 8.72. The van der Waals surface area contributed by atoms with Crippen LogP contribution in [0.4, 0.5) is 0 Å². The van der Waals surface area contributed by atoms with Crippen molar-refractivity contribution in [1.29, 1.82) is 0 Å². The third-order valence-electron chi connectivity index (χ3n) is 3.12. The average molecular weight is 278 g/mol.